The highest BCUT2D eigenvalue weighted by Crippen LogP contribution is 2.24. The molecular formula is C82H123N21O28. The molecule has 2 saturated heterocycles. The second-order valence-corrected chi connectivity index (χ2v) is 32.8. The highest BCUT2D eigenvalue weighted by molar-refractivity contribution is 6.03. The second kappa shape index (κ2) is 53.3. The number of carbonyl (C=O) groups is 21. The molecule has 0 saturated carbocycles. The SMILES string of the molecule is CC(=O)N[C@@H](CC(=O)O)C(=O)N[C@H](C(=O)N[C@@H](CO)C(=O)N[C@H](C(=O)N[C@@H](CO)C(=O)N[C@@H](CCC(N)=O)C(=O)N[C@@H](C)C(=O)N[C@H](C(=O)N[C@@H](CC(C)C)C(=O)N1CCC[C@H]1C(=O)N[C@@H](CC(=O)O)C(=O)N[C@@H](CC(=O)O)C(=O)N[C@@H](Cc1ccccc1)C(=O)N1CCC[C@H]1C(=O)N[C@@H](CCCNC(=N)N)C(=O)N[C@@H](Cc1ccc(O)cc1)C(N)=O)C(C)C)[C@@H](C)O)C(C)C. The van der Waals surface area contributed by atoms with Gasteiger partial charge in [0, 0.05) is 45.8 Å². The van der Waals surface area contributed by atoms with Crippen molar-refractivity contribution in [1.29, 1.82) is 5.41 Å². The predicted octanol–water partition coefficient (Wildman–Crippen LogP) is -8.85. The summed E-state index contributed by atoms with van der Waals surface area (Å²) in [5, 5.41) is 113. The maximum atomic E-state index is 14.9. The number of hydrogen-bond donors (Lipinski definition) is 26. The van der Waals surface area contributed by atoms with Gasteiger partial charge in [-0.1, -0.05) is 84.0 Å². The van der Waals surface area contributed by atoms with Crippen LogP contribution in [0.1, 0.15) is 150 Å². The minimum Gasteiger partial charge on any atom is -0.508 e. The summed E-state index contributed by atoms with van der Waals surface area (Å²) in [5.41, 5.74) is 17.4. The van der Waals surface area contributed by atoms with E-state index < -0.39 is 284 Å². The molecule has 2 aromatic carbocycles. The maximum absolute atomic E-state index is 14.9. The first-order chi connectivity index (χ1) is 61.5. The van der Waals surface area contributed by atoms with Crippen LogP contribution in [0.15, 0.2) is 54.6 Å². The average molecular weight is 1850 g/mol. The Bertz CT molecular complexity index is 4410. The number of primary amides is 2. The molecule has 4 rings (SSSR count). The van der Waals surface area contributed by atoms with Crippen LogP contribution in [0, 0.1) is 23.2 Å². The molecule has 18 amide bonds. The molecule has 0 spiro atoms. The highest BCUT2D eigenvalue weighted by Gasteiger charge is 2.45. The summed E-state index contributed by atoms with van der Waals surface area (Å²) in [4.78, 5) is 287. The Morgan fingerprint density at radius 3 is 1.26 bits per heavy atom. The molecule has 0 unspecified atom stereocenters. The first-order valence-electron chi connectivity index (χ1n) is 42.3. The van der Waals surface area contributed by atoms with Crippen molar-refractivity contribution in [3.63, 3.8) is 0 Å². The van der Waals surface area contributed by atoms with Crippen molar-refractivity contribution in [3.8, 4) is 5.75 Å². The van der Waals surface area contributed by atoms with E-state index in [-0.39, 0.29) is 95.0 Å². The number of guanidine groups is 1. The highest BCUT2D eigenvalue weighted by atomic mass is 16.4. The number of aliphatic carboxylic acids is 3. The molecule has 49 heteroatoms. The van der Waals surface area contributed by atoms with Crippen LogP contribution in [-0.4, -0.2) is 311 Å². The minimum absolute atomic E-state index is 0.0182. The van der Waals surface area contributed by atoms with E-state index >= 15 is 0 Å². The maximum Gasteiger partial charge on any atom is 0.305 e. The zero-order chi connectivity index (χ0) is 98.5. The monoisotopic (exact) mass is 1850 g/mol. The standard InChI is InChI=1S/C82H123N21O28/c1-38(2)30-53(96-77(127)63(39(3)4)99-67(117)41(7)88-68(118)48(25-26-59(83)109)90-73(123)55(36-104)98-79(129)65(42(8)106)101-74(124)56(37-105)97-78(128)64(40(5)6)100-72(122)50(33-60(110)111)89-43(9)107)80(130)102-28-15-20-58(102)76(126)94-52(35-62(114)115)70(120)93-51(34-61(112)113)71(121)95-54(32-44-16-11-10-12-17-44)81(131)103-29-14-19-57(103)75(125)91-47(18-13-27-87-82(85)86)69(119)92-49(66(84)116)31-45-21-23-46(108)24-22-45/h10-12,16-17,21-24,38-42,47-58,63-65,104-106,108H,13-15,18-20,25-37H2,1-9H3,(H2,83,109)(H2,84,116)(H,88,118)(H,89,107)(H,90,123)(H,91,125)(H,92,119)(H,93,120)(H,94,126)(H,95,121)(H,96,127)(H,97,128)(H,98,129)(H,99,117)(H,100,122)(H,101,124)(H,110,111)(H,112,113)(H,114,115)(H4,85,86,87)/t41-,42+,47-,48-,49-,50-,51-,52-,53-,54-,55-,56-,57-,58-,63-,64-,65-/m0/s1. The molecule has 0 bridgehead atoms. The smallest absolute Gasteiger partial charge is 0.305 e. The van der Waals surface area contributed by atoms with E-state index in [1.165, 1.54) is 52.0 Å². The molecule has 49 nitrogen and oxygen atoms in total. The summed E-state index contributed by atoms with van der Waals surface area (Å²) < 4.78 is 0. The summed E-state index contributed by atoms with van der Waals surface area (Å²) in [7, 11) is 0. The zero-order valence-corrected chi connectivity index (χ0v) is 74.0. The Morgan fingerprint density at radius 2 is 0.802 bits per heavy atom. The van der Waals surface area contributed by atoms with Gasteiger partial charge in [0.15, 0.2) is 5.96 Å². The van der Waals surface area contributed by atoms with Crippen molar-refractivity contribution in [3.05, 3.63) is 65.7 Å². The van der Waals surface area contributed by atoms with Gasteiger partial charge in [0.1, 0.15) is 102 Å². The van der Waals surface area contributed by atoms with Gasteiger partial charge in [-0.05, 0) is 106 Å². The number of phenols is 1. The van der Waals surface area contributed by atoms with E-state index in [0.717, 1.165) is 30.6 Å². The molecular weight excluding hydrogens is 1730 g/mol. The Morgan fingerprint density at radius 1 is 0.427 bits per heavy atom. The van der Waals surface area contributed by atoms with E-state index in [0.29, 0.717) is 11.1 Å². The van der Waals surface area contributed by atoms with Crippen LogP contribution in [0.5, 0.6) is 5.75 Å². The number of carboxylic acids is 3. The third-order valence-electron chi connectivity index (χ3n) is 20.9. The number of hydrogen-bond acceptors (Lipinski definition) is 26. The Kier molecular flexibility index (Phi) is 44.6. The third kappa shape index (κ3) is 36.4. The van der Waals surface area contributed by atoms with Crippen molar-refractivity contribution in [2.45, 2.75) is 255 Å². The zero-order valence-electron chi connectivity index (χ0n) is 74.0. The van der Waals surface area contributed by atoms with Gasteiger partial charge in [0.05, 0.1) is 38.6 Å². The summed E-state index contributed by atoms with van der Waals surface area (Å²) in [6.45, 7) is 9.79. The quantitative estimate of drug-likeness (QED) is 0.0166. The van der Waals surface area contributed by atoms with Gasteiger partial charge in [0.2, 0.25) is 106 Å². The summed E-state index contributed by atoms with van der Waals surface area (Å²) >= 11 is 0. The van der Waals surface area contributed by atoms with Gasteiger partial charge >= 0.3 is 17.9 Å². The number of aliphatic hydroxyl groups excluding tert-OH is 3. The first kappa shape index (κ1) is 110. The molecule has 29 N–H and O–H groups in total. The molecule has 2 aliphatic heterocycles. The Hall–Kier alpha value is -13.7. The number of rotatable bonds is 54. The lowest BCUT2D eigenvalue weighted by Gasteiger charge is -2.32. The second-order valence-electron chi connectivity index (χ2n) is 32.8. The summed E-state index contributed by atoms with van der Waals surface area (Å²) in [5.74, 6) is -26.8. The van der Waals surface area contributed by atoms with Gasteiger partial charge in [-0.2, -0.15) is 0 Å². The average Bonchev–Trinajstić information content (AvgIpc) is 1.71. The normalized spacial score (nSPS) is 16.9. The molecule has 2 heterocycles. The number of nitrogens with two attached hydrogens (primary N) is 3. The Labute approximate surface area is 752 Å². The summed E-state index contributed by atoms with van der Waals surface area (Å²) in [6, 6.07) is -13.2. The van der Waals surface area contributed by atoms with Crippen molar-refractivity contribution in [2.75, 3.05) is 32.8 Å². The molecule has 2 fully saturated rings. The molecule has 2 aromatic rings. The van der Waals surface area contributed by atoms with Crippen LogP contribution in [0.3, 0.4) is 0 Å². The van der Waals surface area contributed by atoms with Crippen LogP contribution < -0.4 is 97.0 Å². The van der Waals surface area contributed by atoms with Gasteiger partial charge in [-0.3, -0.25) is 106 Å². The van der Waals surface area contributed by atoms with Crippen molar-refractivity contribution >= 4 is 130 Å². The van der Waals surface area contributed by atoms with E-state index in [4.69, 9.17) is 22.6 Å². The number of phenolic OH excluding ortho intramolecular Hbond substituents is 1. The number of aromatic hydroxyl groups is 1. The van der Waals surface area contributed by atoms with Gasteiger partial charge in [0.25, 0.3) is 0 Å². The predicted molar refractivity (Wildman–Crippen MR) is 458 cm³/mol. The largest absolute Gasteiger partial charge is 0.508 e. The Balaban J connectivity index is 1.50. The molecule has 17 atom stereocenters. The minimum atomic E-state index is -2.12. The van der Waals surface area contributed by atoms with Crippen LogP contribution in [0.25, 0.3) is 0 Å². The molecule has 2 aliphatic rings. The lowest BCUT2D eigenvalue weighted by Crippen LogP contribution is -2.63. The number of benzene rings is 2. The number of nitrogens with one attached hydrogen (secondary N) is 16. The van der Waals surface area contributed by atoms with E-state index in [2.05, 4.69) is 79.8 Å². The number of carbonyl (C=O) groups excluding carboxylic acids is 18. The number of nitrogens with zero attached hydrogens (tertiary/aromatic N) is 2. The van der Waals surface area contributed by atoms with Crippen molar-refractivity contribution in [1.82, 2.24) is 89.6 Å². The topological polar surface area (TPSA) is 789 Å². The summed E-state index contributed by atoms with van der Waals surface area (Å²) in [6.07, 6.45) is -6.60. The van der Waals surface area contributed by atoms with E-state index in [1.54, 1.807) is 44.2 Å². The van der Waals surface area contributed by atoms with Gasteiger partial charge in [-0.15, -0.1) is 0 Å². The fraction of sp³-hybridized carbons (Fsp3) is 0.585. The van der Waals surface area contributed by atoms with Crippen molar-refractivity contribution in [2.24, 2.45) is 35.0 Å². The molecule has 131 heavy (non-hydrogen) atoms. The fourth-order valence-electron chi connectivity index (χ4n) is 14.0. The fourth-order valence-corrected chi connectivity index (χ4v) is 14.0. The molecule has 724 valence electrons. The first-order valence-corrected chi connectivity index (χ1v) is 42.3. The van der Waals surface area contributed by atoms with E-state index in [1.807, 2.05) is 0 Å². The van der Waals surface area contributed by atoms with E-state index in [9.17, 15) is 136 Å². The van der Waals surface area contributed by atoms with Crippen molar-refractivity contribution < 1.29 is 136 Å². The van der Waals surface area contributed by atoms with Crippen LogP contribution in [0.4, 0.5) is 0 Å². The number of carboxylic acid groups (broad SMARTS) is 3. The molecule has 0 aromatic heterocycles. The third-order valence-corrected chi connectivity index (χ3v) is 20.9. The lowest BCUT2D eigenvalue weighted by atomic mass is 9.99. The lowest BCUT2D eigenvalue weighted by molar-refractivity contribution is -0.145. The van der Waals surface area contributed by atoms with Gasteiger partial charge < -0.3 is 142 Å². The number of likely N-dealkylation sites (tertiary alicyclic amines) is 2. The molecule has 0 radical (unpaired) electrons. The molecule has 0 aliphatic carbocycles. The number of amides is 18. The van der Waals surface area contributed by atoms with Crippen LogP contribution >= 0.6 is 0 Å². The van der Waals surface area contributed by atoms with Crippen LogP contribution in [-0.2, 0) is 114 Å². The van der Waals surface area contributed by atoms with Gasteiger partial charge in [-0.25, -0.2) is 0 Å². The van der Waals surface area contributed by atoms with Crippen LogP contribution in [0.2, 0.25) is 0 Å². The number of aliphatic hydroxyl groups is 3.